The van der Waals surface area contributed by atoms with Gasteiger partial charge in [-0.3, -0.25) is 4.98 Å². The summed E-state index contributed by atoms with van der Waals surface area (Å²) in [7, 11) is 0.332. The van der Waals surface area contributed by atoms with Gasteiger partial charge in [-0.15, -0.1) is 7.92 Å². The van der Waals surface area contributed by atoms with Crippen molar-refractivity contribution in [3.63, 3.8) is 0 Å². The van der Waals surface area contributed by atoms with Gasteiger partial charge in [0.05, 0.1) is 6.54 Å². The average Bonchev–Trinajstić information content (AvgIpc) is 3.15. The Labute approximate surface area is 118 Å². The van der Waals surface area contributed by atoms with E-state index in [1.165, 1.54) is 44.8 Å². The second-order valence-electron chi connectivity index (χ2n) is 6.32. The molecule has 0 bridgehead atoms. The molecular formula is C16H28N2P+. The highest BCUT2D eigenvalue weighted by Gasteiger charge is 2.32. The third-order valence-corrected chi connectivity index (χ3v) is 8.76. The Kier molecular flexibility index (Phi) is 4.93. The minimum Gasteiger partial charge on any atom is -0.250 e. The highest BCUT2D eigenvalue weighted by molar-refractivity contribution is 7.59. The van der Waals surface area contributed by atoms with Gasteiger partial charge in [-0.05, 0) is 49.6 Å². The van der Waals surface area contributed by atoms with E-state index in [0.717, 1.165) is 11.3 Å². The first-order valence-electron chi connectivity index (χ1n) is 8.21. The van der Waals surface area contributed by atoms with Gasteiger partial charge in [0.2, 0.25) is 6.33 Å². The van der Waals surface area contributed by atoms with Gasteiger partial charge in [0.1, 0.15) is 12.4 Å². The molecular weight excluding hydrogens is 251 g/mol. The topological polar surface area (TPSA) is 19.7 Å². The van der Waals surface area contributed by atoms with Crippen molar-refractivity contribution in [2.45, 2.75) is 75.7 Å². The maximum atomic E-state index is 3.15. The Balaban J connectivity index is 1.52. The highest BCUT2D eigenvalue weighted by Crippen LogP contribution is 2.57. The fraction of sp³-hybridized carbons (Fsp3) is 0.812. The van der Waals surface area contributed by atoms with Gasteiger partial charge in [0.25, 0.3) is 0 Å². The number of aromatic amines is 1. The first-order chi connectivity index (χ1) is 9.43. The van der Waals surface area contributed by atoms with Crippen molar-refractivity contribution in [3.05, 3.63) is 18.7 Å². The average molecular weight is 279 g/mol. The number of imidazole rings is 1. The number of nitrogens with zero attached hydrogens (tertiary/aromatic N) is 1. The molecule has 3 rings (SSSR count). The molecule has 0 spiro atoms. The van der Waals surface area contributed by atoms with Crippen LogP contribution in [0.5, 0.6) is 0 Å². The molecule has 19 heavy (non-hydrogen) atoms. The molecule has 2 aliphatic rings. The smallest absolute Gasteiger partial charge is 0.241 e. The van der Waals surface area contributed by atoms with Crippen LogP contribution >= 0.6 is 7.92 Å². The zero-order chi connectivity index (χ0) is 12.9. The van der Waals surface area contributed by atoms with E-state index in [4.69, 9.17) is 0 Å². The van der Waals surface area contributed by atoms with Gasteiger partial charge in [-0.2, -0.15) is 0 Å². The zero-order valence-electron chi connectivity index (χ0n) is 12.1. The second kappa shape index (κ2) is 6.88. The van der Waals surface area contributed by atoms with Crippen LogP contribution in [0.3, 0.4) is 0 Å². The summed E-state index contributed by atoms with van der Waals surface area (Å²) in [6.07, 6.45) is 21.5. The van der Waals surface area contributed by atoms with Crippen LogP contribution < -0.4 is 4.57 Å². The van der Waals surface area contributed by atoms with Crippen molar-refractivity contribution in [1.82, 2.24) is 4.98 Å². The molecule has 2 saturated carbocycles. The summed E-state index contributed by atoms with van der Waals surface area (Å²) < 4.78 is 2.30. The monoisotopic (exact) mass is 279 g/mol. The fourth-order valence-corrected chi connectivity index (χ4v) is 7.92. The summed E-state index contributed by atoms with van der Waals surface area (Å²) in [5.41, 5.74) is 2.27. The number of rotatable bonds is 6. The van der Waals surface area contributed by atoms with Crippen LogP contribution in [0.2, 0.25) is 0 Å². The molecule has 106 valence electrons. The Morgan fingerprint density at radius 1 is 1.00 bits per heavy atom. The van der Waals surface area contributed by atoms with E-state index in [-0.39, 0.29) is 0 Å². The summed E-state index contributed by atoms with van der Waals surface area (Å²) in [6, 6.07) is 0. The zero-order valence-corrected chi connectivity index (χ0v) is 13.0. The number of hydrogen-bond donors (Lipinski definition) is 1. The second-order valence-corrected chi connectivity index (χ2v) is 9.25. The van der Waals surface area contributed by atoms with Crippen LogP contribution in [0.4, 0.5) is 0 Å². The van der Waals surface area contributed by atoms with E-state index >= 15 is 0 Å². The molecule has 0 atom stereocenters. The van der Waals surface area contributed by atoms with Crippen LogP contribution in [0.25, 0.3) is 0 Å². The van der Waals surface area contributed by atoms with Crippen molar-refractivity contribution in [2.75, 3.05) is 6.16 Å². The lowest BCUT2D eigenvalue weighted by molar-refractivity contribution is -0.695. The predicted octanol–water partition coefficient (Wildman–Crippen LogP) is 4.06. The van der Waals surface area contributed by atoms with Gasteiger partial charge in [-0.25, -0.2) is 4.57 Å². The Bertz CT molecular complexity index is 335. The number of hydrogen-bond acceptors (Lipinski definition) is 0. The molecule has 1 aromatic rings. The van der Waals surface area contributed by atoms with Gasteiger partial charge in [0, 0.05) is 0 Å². The maximum Gasteiger partial charge on any atom is 0.241 e. The molecule has 1 heterocycles. The summed E-state index contributed by atoms with van der Waals surface area (Å²) in [4.78, 5) is 3.15. The van der Waals surface area contributed by atoms with Crippen LogP contribution in [-0.4, -0.2) is 22.5 Å². The van der Waals surface area contributed by atoms with E-state index in [1.807, 2.05) is 6.20 Å². The van der Waals surface area contributed by atoms with Gasteiger partial charge >= 0.3 is 0 Å². The fourth-order valence-electron chi connectivity index (χ4n) is 4.03. The third kappa shape index (κ3) is 3.60. The SMILES string of the molecule is c1c[n+](CCCP(C2CCCC2)C2CCCC2)c[nH]1. The quantitative estimate of drug-likeness (QED) is 0.598. The summed E-state index contributed by atoms with van der Waals surface area (Å²) in [5.74, 6) is 0. The Morgan fingerprint density at radius 3 is 2.16 bits per heavy atom. The first-order valence-corrected chi connectivity index (χ1v) is 9.87. The maximum absolute atomic E-state index is 3.15. The normalized spacial score (nSPS) is 21.7. The lowest BCUT2D eigenvalue weighted by atomic mass is 10.3. The lowest BCUT2D eigenvalue weighted by Gasteiger charge is -2.30. The Morgan fingerprint density at radius 2 is 1.63 bits per heavy atom. The van der Waals surface area contributed by atoms with E-state index in [1.54, 1.807) is 25.7 Å². The number of nitrogens with one attached hydrogen (secondary N) is 1. The number of aryl methyl sites for hydroxylation is 1. The van der Waals surface area contributed by atoms with Crippen LogP contribution in [-0.2, 0) is 6.54 Å². The Hall–Kier alpha value is -0.360. The number of aromatic nitrogens is 2. The van der Waals surface area contributed by atoms with Crippen LogP contribution in [0.1, 0.15) is 57.8 Å². The third-order valence-electron chi connectivity index (χ3n) is 5.02. The minimum absolute atomic E-state index is 0.332. The van der Waals surface area contributed by atoms with Crippen molar-refractivity contribution >= 4 is 7.92 Å². The predicted molar refractivity (Wildman–Crippen MR) is 81.9 cm³/mol. The lowest BCUT2D eigenvalue weighted by Crippen LogP contribution is -2.31. The molecule has 0 unspecified atom stereocenters. The van der Waals surface area contributed by atoms with Gasteiger partial charge in [0.15, 0.2) is 0 Å². The van der Waals surface area contributed by atoms with E-state index < -0.39 is 0 Å². The van der Waals surface area contributed by atoms with E-state index in [9.17, 15) is 0 Å². The largest absolute Gasteiger partial charge is 0.250 e. The molecule has 0 aliphatic heterocycles. The van der Waals surface area contributed by atoms with Crippen molar-refractivity contribution in [2.24, 2.45) is 0 Å². The molecule has 3 heteroatoms. The standard InChI is InChI=1S/C16H27N2P/c1-2-7-15(6-1)19(16-8-3-4-9-16)13-5-11-18-12-10-17-14-18/h10,12,14-16H,1-9,11,13H2/p+1. The summed E-state index contributed by atoms with van der Waals surface area (Å²) in [5, 5.41) is 0. The molecule has 0 radical (unpaired) electrons. The molecule has 1 N–H and O–H groups in total. The number of H-pyrrole nitrogens is 1. The van der Waals surface area contributed by atoms with Crippen molar-refractivity contribution in [1.29, 1.82) is 0 Å². The van der Waals surface area contributed by atoms with Gasteiger partial charge < -0.3 is 0 Å². The molecule has 1 aromatic heterocycles. The molecule has 0 amide bonds. The van der Waals surface area contributed by atoms with Crippen LogP contribution in [0.15, 0.2) is 18.7 Å². The molecule has 0 aromatic carbocycles. The minimum atomic E-state index is 0.332. The van der Waals surface area contributed by atoms with E-state index in [0.29, 0.717) is 7.92 Å². The van der Waals surface area contributed by atoms with Crippen molar-refractivity contribution in [3.8, 4) is 0 Å². The summed E-state index contributed by atoms with van der Waals surface area (Å²) in [6.45, 7) is 1.21. The highest BCUT2D eigenvalue weighted by atomic mass is 31.1. The van der Waals surface area contributed by atoms with Crippen molar-refractivity contribution < 1.29 is 4.57 Å². The van der Waals surface area contributed by atoms with Gasteiger partial charge in [-0.1, -0.05) is 25.7 Å². The molecule has 0 saturated heterocycles. The first kappa shape index (κ1) is 13.6. The summed E-state index contributed by atoms with van der Waals surface area (Å²) >= 11 is 0. The van der Waals surface area contributed by atoms with Crippen LogP contribution in [0, 0.1) is 0 Å². The molecule has 2 fully saturated rings. The molecule has 2 aliphatic carbocycles. The molecule has 2 nitrogen and oxygen atoms in total. The van der Waals surface area contributed by atoms with E-state index in [2.05, 4.69) is 22.1 Å².